The highest BCUT2D eigenvalue weighted by atomic mass is 32.2. The first-order chi connectivity index (χ1) is 20.1. The Balaban J connectivity index is 0.955. The van der Waals surface area contributed by atoms with Gasteiger partial charge in [0.05, 0.1) is 10.8 Å². The molecular formula is C35H44N4OS. The van der Waals surface area contributed by atoms with Crippen molar-refractivity contribution in [3.05, 3.63) is 84.2 Å². The number of aromatic nitrogens is 1. The maximum absolute atomic E-state index is 12.8. The van der Waals surface area contributed by atoms with Crippen LogP contribution in [-0.2, 0) is 22.8 Å². The van der Waals surface area contributed by atoms with E-state index in [4.69, 9.17) is 0 Å². The monoisotopic (exact) mass is 568 g/mol. The maximum Gasteiger partial charge on any atom is 0.0850 e. The number of hydrogen-bond donors (Lipinski definition) is 0. The SMILES string of the molecule is CN1Cc2ccccc2C(C2CCCC2)(C2CCN(CC3CN(c4ccc(S(=O)c5ccncc5)cc4)C3)CC2)C1. The van der Waals surface area contributed by atoms with E-state index >= 15 is 0 Å². The summed E-state index contributed by atoms with van der Waals surface area (Å²) in [7, 11) is 1.20. The van der Waals surface area contributed by atoms with E-state index in [1.54, 1.807) is 23.5 Å². The van der Waals surface area contributed by atoms with Crippen LogP contribution >= 0.6 is 0 Å². The minimum atomic E-state index is -1.16. The lowest BCUT2D eigenvalue weighted by Crippen LogP contribution is -2.56. The fourth-order valence-corrected chi connectivity index (χ4v) is 9.76. The molecule has 3 fully saturated rings. The Morgan fingerprint density at radius 2 is 1.51 bits per heavy atom. The van der Waals surface area contributed by atoms with Crippen molar-refractivity contribution in [3.63, 3.8) is 0 Å². The molecule has 2 saturated heterocycles. The van der Waals surface area contributed by atoms with Crippen LogP contribution in [0.2, 0.25) is 0 Å². The van der Waals surface area contributed by atoms with Gasteiger partial charge in [-0.25, -0.2) is 4.21 Å². The molecule has 7 rings (SSSR count). The molecular weight excluding hydrogens is 524 g/mol. The van der Waals surface area contributed by atoms with Gasteiger partial charge in [0.2, 0.25) is 0 Å². The fourth-order valence-electron chi connectivity index (χ4n) is 8.73. The molecule has 4 aliphatic rings. The highest BCUT2D eigenvalue weighted by Gasteiger charge is 2.51. The summed E-state index contributed by atoms with van der Waals surface area (Å²) in [5.74, 6) is 2.37. The quantitative estimate of drug-likeness (QED) is 0.351. The molecule has 0 amide bonds. The second-order valence-corrected chi connectivity index (χ2v) is 14.6. The van der Waals surface area contributed by atoms with Gasteiger partial charge >= 0.3 is 0 Å². The maximum atomic E-state index is 12.8. The van der Waals surface area contributed by atoms with E-state index in [2.05, 4.69) is 63.1 Å². The first-order valence-corrected chi connectivity index (χ1v) is 16.9. The molecule has 0 radical (unpaired) electrons. The van der Waals surface area contributed by atoms with Gasteiger partial charge in [0.15, 0.2) is 0 Å². The third-order valence-electron chi connectivity index (χ3n) is 10.6. The summed E-state index contributed by atoms with van der Waals surface area (Å²) in [5, 5.41) is 0. The standard InChI is InChI=1S/C35H44N4OS/c1-37-25-28-6-2-5-9-34(28)35(26-37,29-7-3-4-8-29)30-16-20-38(21-17-30)22-27-23-39(24-27)31-10-12-32(13-11-31)41(40)33-14-18-36-19-15-33/h2,5-6,9-15,18-19,27,29-30H,3-4,7-8,16-17,20-26H2,1H3. The minimum Gasteiger partial charge on any atom is -0.371 e. The number of piperidine rings is 1. The van der Waals surface area contributed by atoms with Crippen LogP contribution in [0.5, 0.6) is 0 Å². The van der Waals surface area contributed by atoms with Crippen LogP contribution in [0.1, 0.15) is 49.7 Å². The van der Waals surface area contributed by atoms with Crippen molar-refractivity contribution in [1.29, 1.82) is 0 Å². The topological polar surface area (TPSA) is 39.7 Å². The van der Waals surface area contributed by atoms with Gasteiger partial charge in [-0.15, -0.1) is 0 Å². The first-order valence-electron chi connectivity index (χ1n) is 15.8. The molecule has 216 valence electrons. The van der Waals surface area contributed by atoms with Gasteiger partial charge in [0.25, 0.3) is 0 Å². The van der Waals surface area contributed by atoms with Gasteiger partial charge in [-0.05, 0) is 105 Å². The minimum absolute atomic E-state index is 0.340. The van der Waals surface area contributed by atoms with E-state index in [9.17, 15) is 4.21 Å². The van der Waals surface area contributed by atoms with Crippen molar-refractivity contribution >= 4 is 16.5 Å². The lowest BCUT2D eigenvalue weighted by Gasteiger charge is -2.54. The van der Waals surface area contributed by atoms with Gasteiger partial charge in [-0.1, -0.05) is 37.1 Å². The second kappa shape index (κ2) is 11.6. The molecule has 5 nitrogen and oxygen atoms in total. The van der Waals surface area contributed by atoms with Crippen LogP contribution < -0.4 is 4.90 Å². The van der Waals surface area contributed by atoms with Gasteiger partial charge in [-0.2, -0.15) is 0 Å². The Morgan fingerprint density at radius 1 is 0.854 bits per heavy atom. The first kappa shape index (κ1) is 27.3. The van der Waals surface area contributed by atoms with Crippen LogP contribution in [0.3, 0.4) is 0 Å². The lowest BCUT2D eigenvalue weighted by molar-refractivity contribution is 0.0420. The highest BCUT2D eigenvalue weighted by Crippen LogP contribution is 2.53. The van der Waals surface area contributed by atoms with Crippen LogP contribution in [0, 0.1) is 17.8 Å². The normalized spacial score (nSPS) is 25.6. The predicted octanol–water partition coefficient (Wildman–Crippen LogP) is 5.97. The summed E-state index contributed by atoms with van der Waals surface area (Å²) in [6.07, 6.45) is 11.7. The van der Waals surface area contributed by atoms with Crippen LogP contribution in [0.4, 0.5) is 5.69 Å². The molecule has 4 heterocycles. The fraction of sp³-hybridized carbons (Fsp3) is 0.514. The summed E-state index contributed by atoms with van der Waals surface area (Å²) in [4.78, 5) is 13.5. The number of anilines is 1. The number of benzene rings is 2. The van der Waals surface area contributed by atoms with Crippen molar-refractivity contribution in [2.24, 2.45) is 17.8 Å². The highest BCUT2D eigenvalue weighted by molar-refractivity contribution is 7.85. The molecule has 2 aromatic carbocycles. The van der Waals surface area contributed by atoms with E-state index in [-0.39, 0.29) is 0 Å². The lowest BCUT2D eigenvalue weighted by atomic mass is 9.57. The smallest absolute Gasteiger partial charge is 0.0850 e. The number of fused-ring (bicyclic) bond motifs is 1. The molecule has 0 bridgehead atoms. The average Bonchev–Trinajstić information content (AvgIpc) is 3.55. The summed E-state index contributed by atoms with van der Waals surface area (Å²) in [6, 6.07) is 21.4. The summed E-state index contributed by atoms with van der Waals surface area (Å²) in [6.45, 7) is 8.31. The van der Waals surface area contributed by atoms with E-state index in [1.807, 2.05) is 24.3 Å². The number of rotatable bonds is 7. The second-order valence-electron chi connectivity index (χ2n) is 13.1. The zero-order valence-electron chi connectivity index (χ0n) is 24.5. The molecule has 0 N–H and O–H groups in total. The Kier molecular flexibility index (Phi) is 7.74. The number of likely N-dealkylation sites (tertiary alicyclic amines) is 1. The predicted molar refractivity (Wildman–Crippen MR) is 167 cm³/mol. The van der Waals surface area contributed by atoms with Crippen LogP contribution in [0.15, 0.2) is 82.8 Å². The Bertz CT molecular complexity index is 1340. The molecule has 41 heavy (non-hydrogen) atoms. The van der Waals surface area contributed by atoms with Crippen molar-refractivity contribution in [3.8, 4) is 0 Å². The van der Waals surface area contributed by atoms with Gasteiger partial charge in [0, 0.05) is 71.9 Å². The molecule has 1 aromatic heterocycles. The zero-order chi connectivity index (χ0) is 27.8. The largest absolute Gasteiger partial charge is 0.371 e. The van der Waals surface area contributed by atoms with Gasteiger partial charge in [0.1, 0.15) is 0 Å². The summed E-state index contributed by atoms with van der Waals surface area (Å²) < 4.78 is 12.8. The Hall–Kier alpha value is -2.54. The molecule has 3 aromatic rings. The third-order valence-corrected chi connectivity index (χ3v) is 12.0. The molecule has 1 aliphatic carbocycles. The summed E-state index contributed by atoms with van der Waals surface area (Å²) >= 11 is 0. The summed E-state index contributed by atoms with van der Waals surface area (Å²) in [5.41, 5.74) is 4.87. The van der Waals surface area contributed by atoms with Gasteiger partial charge in [-0.3, -0.25) is 4.98 Å². The molecule has 2 atom stereocenters. The number of hydrogen-bond acceptors (Lipinski definition) is 5. The third kappa shape index (κ3) is 5.28. The molecule has 2 unspecified atom stereocenters. The Morgan fingerprint density at radius 3 is 2.24 bits per heavy atom. The molecule has 0 spiro atoms. The number of pyridine rings is 1. The molecule has 6 heteroatoms. The van der Waals surface area contributed by atoms with Crippen LogP contribution in [0.25, 0.3) is 0 Å². The van der Waals surface area contributed by atoms with E-state index in [1.165, 1.54) is 70.4 Å². The van der Waals surface area contributed by atoms with Crippen molar-refractivity contribution in [2.45, 2.75) is 60.3 Å². The van der Waals surface area contributed by atoms with Crippen molar-refractivity contribution < 1.29 is 4.21 Å². The van der Waals surface area contributed by atoms with Gasteiger partial charge < -0.3 is 14.7 Å². The van der Waals surface area contributed by atoms with E-state index in [0.29, 0.717) is 5.41 Å². The molecule has 1 saturated carbocycles. The number of nitrogens with zero attached hydrogens (tertiary/aromatic N) is 4. The average molecular weight is 569 g/mol. The van der Waals surface area contributed by atoms with Crippen molar-refractivity contribution in [1.82, 2.24) is 14.8 Å². The zero-order valence-corrected chi connectivity index (χ0v) is 25.3. The van der Waals surface area contributed by atoms with Crippen LogP contribution in [-0.4, -0.2) is 65.3 Å². The number of likely N-dealkylation sites (N-methyl/N-ethyl adjacent to an activating group) is 1. The van der Waals surface area contributed by atoms with Crippen molar-refractivity contribution in [2.75, 3.05) is 51.2 Å². The van der Waals surface area contributed by atoms with E-state index in [0.717, 1.165) is 47.2 Å². The Labute approximate surface area is 248 Å². The van der Waals surface area contributed by atoms with E-state index < -0.39 is 10.8 Å². The molecule has 3 aliphatic heterocycles.